The zero-order valence-corrected chi connectivity index (χ0v) is 30.6. The molecule has 0 atom stereocenters. The average molecular weight is 863 g/mol. The molecule has 1 aliphatic carbocycles. The van der Waals surface area contributed by atoms with Crippen LogP contribution in [0, 0.1) is 40.5 Å². The topological polar surface area (TPSA) is 173 Å². The summed E-state index contributed by atoms with van der Waals surface area (Å²) in [4.78, 5) is 43.0. The molecule has 0 fully saturated rings. The molecule has 0 unspecified atom stereocenters. The van der Waals surface area contributed by atoms with Gasteiger partial charge >= 0.3 is 27.8 Å². The minimum atomic E-state index is -6.02. The molecule has 1 aliphatic rings. The summed E-state index contributed by atoms with van der Waals surface area (Å²) in [6, 6.07) is 8.55. The fourth-order valence-electron chi connectivity index (χ4n) is 5.68. The normalized spacial score (nSPS) is 16.0. The Morgan fingerprint density at radius 1 is 0.537 bits per heavy atom. The van der Waals surface area contributed by atoms with Crippen LogP contribution in [-0.4, -0.2) is 37.5 Å². The van der Waals surface area contributed by atoms with Crippen molar-refractivity contribution in [3.05, 3.63) is 131 Å². The quantitative estimate of drug-likeness (QED) is 0.0703. The van der Waals surface area contributed by atoms with E-state index >= 15 is 26.3 Å². The summed E-state index contributed by atoms with van der Waals surface area (Å²) in [5.74, 6) is -18.6. The molecule has 6 aromatic heterocycles. The number of nitrogens with zero attached hydrogens (tertiary/aromatic N) is 4. The molecule has 0 amide bonds. The molecule has 0 aromatic carbocycles. The maximum atomic E-state index is 16.3. The lowest BCUT2D eigenvalue weighted by Crippen LogP contribution is -2.48. The second-order valence-corrected chi connectivity index (χ2v) is 17.2. The van der Waals surface area contributed by atoms with Crippen LogP contribution >= 0.6 is 68.0 Å². The number of halogens is 6. The van der Waals surface area contributed by atoms with Crippen LogP contribution in [0.15, 0.2) is 64.7 Å². The fraction of sp³-hybridized carbons (Fsp3) is 0.133. The Labute approximate surface area is 319 Å². The van der Waals surface area contributed by atoms with Gasteiger partial charge in [0.05, 0.1) is 46.1 Å². The summed E-state index contributed by atoms with van der Waals surface area (Å²) >= 11 is 3.96. The molecule has 0 bridgehead atoms. The molecule has 0 radical (unpaired) electrons. The maximum Gasteiger partial charge on any atom is 0.380 e. The first-order valence-corrected chi connectivity index (χ1v) is 19.5. The van der Waals surface area contributed by atoms with Crippen LogP contribution in [0.4, 0.5) is 47.7 Å². The van der Waals surface area contributed by atoms with Gasteiger partial charge in [-0.1, -0.05) is 22.7 Å². The summed E-state index contributed by atoms with van der Waals surface area (Å²) in [6.45, 7) is 0. The minimum absolute atomic E-state index is 0.0179. The highest BCUT2D eigenvalue weighted by molar-refractivity contribution is 7.22. The van der Waals surface area contributed by atoms with Gasteiger partial charge < -0.3 is 0 Å². The van der Waals surface area contributed by atoms with Gasteiger partial charge in [-0.05, 0) is 40.8 Å². The number of alkyl halides is 6. The number of hydrogen-bond acceptors (Lipinski definition) is 14. The van der Waals surface area contributed by atoms with Gasteiger partial charge in [-0.15, -0.1) is 45.3 Å². The second kappa shape index (κ2) is 13.2. The van der Waals surface area contributed by atoms with Crippen molar-refractivity contribution in [3.63, 3.8) is 0 Å². The molecule has 7 rings (SSSR count). The van der Waals surface area contributed by atoms with Gasteiger partial charge in [0.15, 0.2) is 0 Å². The van der Waals surface area contributed by atoms with E-state index in [1.54, 1.807) is 0 Å². The van der Waals surface area contributed by atoms with Gasteiger partial charge in [-0.3, -0.25) is 40.5 Å². The first-order chi connectivity index (χ1) is 25.3. The van der Waals surface area contributed by atoms with Crippen molar-refractivity contribution >= 4 is 101 Å². The molecule has 0 saturated heterocycles. The molecular formula is C30H12F6N4O8S6. The van der Waals surface area contributed by atoms with Gasteiger partial charge in [0, 0.05) is 59.8 Å². The third-order valence-electron chi connectivity index (χ3n) is 8.08. The van der Waals surface area contributed by atoms with Crippen molar-refractivity contribution in [2.45, 2.75) is 23.7 Å². The average Bonchev–Trinajstić information content (AvgIpc) is 3.95. The Morgan fingerprint density at radius 2 is 1.00 bits per heavy atom. The number of hydrogen-bond donors (Lipinski definition) is 0. The van der Waals surface area contributed by atoms with Crippen molar-refractivity contribution in [1.29, 1.82) is 0 Å². The van der Waals surface area contributed by atoms with Gasteiger partial charge in [-0.25, -0.2) is 0 Å². The van der Waals surface area contributed by atoms with E-state index in [1.807, 2.05) is 0 Å². The SMILES string of the molecule is O=[N+]([O-])c1csc(-c2cc(C3=C(c4cc(-c5cc([N+](=O)[O-])cs5)sc4C(c4ccc([N+](=O)[O-])s4)c4ccc([N+](=O)[O-])s4)C(F)(F)C(F)(F)C3(F)F)cs2)c1. The van der Waals surface area contributed by atoms with E-state index in [4.69, 9.17) is 0 Å². The Bertz CT molecular complexity index is 2510. The molecule has 12 nitrogen and oxygen atoms in total. The lowest BCUT2D eigenvalue weighted by Gasteiger charge is -2.26. The Hall–Kier alpha value is -4.88. The first-order valence-electron chi connectivity index (χ1n) is 14.4. The van der Waals surface area contributed by atoms with Crippen LogP contribution < -0.4 is 0 Å². The maximum absolute atomic E-state index is 16.3. The van der Waals surface area contributed by atoms with E-state index in [0.29, 0.717) is 45.3 Å². The van der Waals surface area contributed by atoms with Crippen molar-refractivity contribution in [3.8, 4) is 19.5 Å². The first kappa shape index (κ1) is 37.4. The van der Waals surface area contributed by atoms with Crippen molar-refractivity contribution < 1.29 is 46.0 Å². The van der Waals surface area contributed by atoms with Gasteiger partial charge in [0.25, 0.3) is 11.4 Å². The zero-order valence-electron chi connectivity index (χ0n) is 25.7. The predicted molar refractivity (Wildman–Crippen MR) is 193 cm³/mol. The molecule has 278 valence electrons. The van der Waals surface area contributed by atoms with Gasteiger partial charge in [-0.2, -0.15) is 26.3 Å². The highest BCUT2D eigenvalue weighted by Crippen LogP contribution is 2.67. The summed E-state index contributed by atoms with van der Waals surface area (Å²) in [6.07, 6.45) is 0. The van der Waals surface area contributed by atoms with E-state index in [0.717, 1.165) is 75.2 Å². The van der Waals surface area contributed by atoms with Gasteiger partial charge in [0.2, 0.25) is 0 Å². The summed E-state index contributed by atoms with van der Waals surface area (Å²) in [5.41, 5.74) is -5.93. The second-order valence-electron chi connectivity index (χ2n) is 11.2. The monoisotopic (exact) mass is 862 g/mol. The third kappa shape index (κ3) is 5.92. The third-order valence-corrected chi connectivity index (χ3v) is 14.6. The summed E-state index contributed by atoms with van der Waals surface area (Å²) < 4.78 is 95.8. The molecule has 6 aromatic rings. The van der Waals surface area contributed by atoms with E-state index in [-0.39, 0.29) is 39.8 Å². The van der Waals surface area contributed by atoms with E-state index in [1.165, 1.54) is 12.1 Å². The molecule has 6 heterocycles. The zero-order chi connectivity index (χ0) is 39.1. The fourth-order valence-corrected chi connectivity index (χ4v) is 11.9. The van der Waals surface area contributed by atoms with E-state index < -0.39 is 81.3 Å². The summed E-state index contributed by atoms with van der Waals surface area (Å²) in [5, 5.41) is 48.3. The lowest BCUT2D eigenvalue weighted by atomic mass is 9.91. The Balaban J connectivity index is 1.54. The number of rotatable bonds is 11. The highest BCUT2D eigenvalue weighted by atomic mass is 32.1. The lowest BCUT2D eigenvalue weighted by molar-refractivity contribution is -0.384. The number of thiophene rings is 6. The van der Waals surface area contributed by atoms with E-state index in [9.17, 15) is 40.5 Å². The standard InChI is InChI=1S/C30H12F6N4O8S6/c31-28(32)25(12-5-18(49-9-12)19-6-13(10-50-19)37(41)42)26(29(33,34)30(28,35)36)15-8-21(20-7-14(11-51-20)38(43)44)54-27(15)24(16-1-3-22(52-16)39(45)46)17-2-4-23(53-17)40(47)48/h1-11,24H. The van der Waals surface area contributed by atoms with Gasteiger partial charge in [0.1, 0.15) is 0 Å². The van der Waals surface area contributed by atoms with Crippen molar-refractivity contribution in [2.75, 3.05) is 0 Å². The molecule has 24 heteroatoms. The largest absolute Gasteiger partial charge is 0.380 e. The van der Waals surface area contributed by atoms with Crippen LogP contribution in [0.3, 0.4) is 0 Å². The molecule has 54 heavy (non-hydrogen) atoms. The molecular weight excluding hydrogens is 851 g/mol. The molecule has 0 spiro atoms. The van der Waals surface area contributed by atoms with Crippen LogP contribution in [0.5, 0.6) is 0 Å². The summed E-state index contributed by atoms with van der Waals surface area (Å²) in [7, 11) is 0. The van der Waals surface area contributed by atoms with Crippen LogP contribution in [0.2, 0.25) is 0 Å². The molecule has 0 aliphatic heterocycles. The Morgan fingerprint density at radius 3 is 1.46 bits per heavy atom. The minimum Gasteiger partial charge on any atom is -0.258 e. The molecule has 0 saturated carbocycles. The Kier molecular flexibility index (Phi) is 9.12. The van der Waals surface area contributed by atoms with Crippen LogP contribution in [0.1, 0.15) is 31.7 Å². The predicted octanol–water partition coefficient (Wildman–Crippen LogP) is 12.0. The van der Waals surface area contributed by atoms with Crippen molar-refractivity contribution in [2.24, 2.45) is 0 Å². The molecule has 0 N–H and O–H groups in total. The number of allylic oxidation sites excluding steroid dienone is 2. The van der Waals surface area contributed by atoms with E-state index in [2.05, 4.69) is 0 Å². The van der Waals surface area contributed by atoms with Crippen molar-refractivity contribution in [1.82, 2.24) is 0 Å². The van der Waals surface area contributed by atoms with Crippen LogP contribution in [0.25, 0.3) is 30.7 Å². The van der Waals surface area contributed by atoms with Crippen LogP contribution in [-0.2, 0) is 0 Å². The smallest absolute Gasteiger partial charge is 0.258 e. The highest BCUT2D eigenvalue weighted by Gasteiger charge is 2.80. The number of nitro groups is 4.